The fourth-order valence-corrected chi connectivity index (χ4v) is 3.59. The Morgan fingerprint density at radius 1 is 1.17 bits per heavy atom. The SMILES string of the molecule is CCOc1nc2ccccc2nc1N1CCC[C@@H](C(=O)Nc2ccccc2F)C1. The van der Waals surface area contributed by atoms with Crippen molar-refractivity contribution in [2.24, 2.45) is 5.92 Å². The van der Waals surface area contributed by atoms with E-state index in [1.807, 2.05) is 36.1 Å². The van der Waals surface area contributed by atoms with Crippen LogP contribution < -0.4 is 15.0 Å². The quantitative estimate of drug-likeness (QED) is 0.708. The summed E-state index contributed by atoms with van der Waals surface area (Å²) >= 11 is 0. The number of amides is 1. The number of rotatable bonds is 5. The molecule has 2 aromatic carbocycles. The van der Waals surface area contributed by atoms with Gasteiger partial charge in [0.1, 0.15) is 5.82 Å². The second-order valence-electron chi connectivity index (χ2n) is 7.03. The molecule has 0 radical (unpaired) electrons. The van der Waals surface area contributed by atoms with E-state index in [9.17, 15) is 9.18 Å². The van der Waals surface area contributed by atoms with Crippen LogP contribution in [0.2, 0.25) is 0 Å². The molecule has 7 heteroatoms. The number of carbonyl (C=O) groups is 1. The van der Waals surface area contributed by atoms with Gasteiger partial charge in [0.25, 0.3) is 5.88 Å². The number of nitrogens with zero attached hydrogens (tertiary/aromatic N) is 3. The van der Waals surface area contributed by atoms with Gasteiger partial charge in [-0.1, -0.05) is 24.3 Å². The standard InChI is InChI=1S/C22H23FN4O2/c1-2-29-22-20(24-18-11-5-6-12-19(18)26-22)27-13-7-8-15(14-27)21(28)25-17-10-4-3-9-16(17)23/h3-6,9-12,15H,2,7-8,13-14H2,1H3,(H,25,28)/t15-/m1/s1. The molecule has 29 heavy (non-hydrogen) atoms. The Balaban J connectivity index is 1.57. The summed E-state index contributed by atoms with van der Waals surface area (Å²) in [5, 5.41) is 2.71. The molecule has 0 saturated carbocycles. The Labute approximate surface area is 168 Å². The van der Waals surface area contributed by atoms with Gasteiger partial charge in [0.2, 0.25) is 5.91 Å². The summed E-state index contributed by atoms with van der Waals surface area (Å²) in [6.45, 7) is 3.62. The fraction of sp³-hybridized carbons (Fsp3) is 0.318. The van der Waals surface area contributed by atoms with E-state index in [0.717, 1.165) is 30.4 Å². The summed E-state index contributed by atoms with van der Waals surface area (Å²) in [4.78, 5) is 24.2. The predicted molar refractivity (Wildman–Crippen MR) is 111 cm³/mol. The summed E-state index contributed by atoms with van der Waals surface area (Å²) in [6.07, 6.45) is 1.57. The van der Waals surface area contributed by atoms with Gasteiger partial charge in [0.15, 0.2) is 5.82 Å². The molecule has 3 aromatic rings. The highest BCUT2D eigenvalue weighted by Gasteiger charge is 2.29. The van der Waals surface area contributed by atoms with Crippen LogP contribution in [0.3, 0.4) is 0 Å². The van der Waals surface area contributed by atoms with Crippen LogP contribution in [0.1, 0.15) is 19.8 Å². The highest BCUT2D eigenvalue weighted by Crippen LogP contribution is 2.31. The maximum Gasteiger partial charge on any atom is 0.258 e. The molecule has 0 bridgehead atoms. The number of para-hydroxylation sites is 3. The van der Waals surface area contributed by atoms with Gasteiger partial charge in [0, 0.05) is 13.1 Å². The molecule has 1 saturated heterocycles. The van der Waals surface area contributed by atoms with Gasteiger partial charge in [0.05, 0.1) is 29.2 Å². The summed E-state index contributed by atoms with van der Waals surface area (Å²) in [5.41, 5.74) is 1.75. The zero-order valence-corrected chi connectivity index (χ0v) is 16.3. The summed E-state index contributed by atoms with van der Waals surface area (Å²) in [5.74, 6) is 0.223. The van der Waals surface area contributed by atoms with Gasteiger partial charge in [-0.3, -0.25) is 4.79 Å². The number of benzene rings is 2. The molecule has 1 atom stereocenters. The van der Waals surface area contributed by atoms with Crippen molar-refractivity contribution < 1.29 is 13.9 Å². The van der Waals surface area contributed by atoms with E-state index >= 15 is 0 Å². The minimum atomic E-state index is -0.437. The van der Waals surface area contributed by atoms with E-state index in [4.69, 9.17) is 9.72 Å². The average Bonchev–Trinajstić information content (AvgIpc) is 2.75. The molecular formula is C22H23FN4O2. The number of nitrogens with one attached hydrogen (secondary N) is 1. The van der Waals surface area contributed by atoms with E-state index in [2.05, 4.69) is 10.3 Å². The summed E-state index contributed by atoms with van der Waals surface area (Å²) in [6, 6.07) is 13.8. The predicted octanol–water partition coefficient (Wildman–Crippen LogP) is 4.02. The second kappa shape index (κ2) is 8.43. The maximum absolute atomic E-state index is 13.9. The number of ether oxygens (including phenoxy) is 1. The van der Waals surface area contributed by atoms with Crippen molar-refractivity contribution in [2.75, 3.05) is 29.9 Å². The van der Waals surface area contributed by atoms with Crippen molar-refractivity contribution in [1.82, 2.24) is 9.97 Å². The first-order valence-corrected chi connectivity index (χ1v) is 9.85. The molecule has 1 aromatic heterocycles. The van der Waals surface area contributed by atoms with Crippen LogP contribution in [0.4, 0.5) is 15.9 Å². The molecule has 6 nitrogen and oxygen atoms in total. The monoisotopic (exact) mass is 394 g/mol. The highest BCUT2D eigenvalue weighted by atomic mass is 19.1. The molecule has 4 rings (SSSR count). The third-order valence-electron chi connectivity index (χ3n) is 5.03. The molecule has 1 N–H and O–H groups in total. The molecule has 1 fully saturated rings. The van der Waals surface area contributed by atoms with Crippen LogP contribution in [0.5, 0.6) is 5.88 Å². The van der Waals surface area contributed by atoms with Crippen molar-refractivity contribution in [2.45, 2.75) is 19.8 Å². The highest BCUT2D eigenvalue weighted by molar-refractivity contribution is 5.93. The molecule has 2 heterocycles. The van der Waals surface area contributed by atoms with E-state index in [-0.39, 0.29) is 17.5 Å². The van der Waals surface area contributed by atoms with E-state index < -0.39 is 5.82 Å². The van der Waals surface area contributed by atoms with Crippen molar-refractivity contribution >= 4 is 28.4 Å². The molecule has 0 spiro atoms. The number of fused-ring (bicyclic) bond motifs is 1. The number of piperidine rings is 1. The van der Waals surface area contributed by atoms with E-state index in [1.54, 1.807) is 18.2 Å². The van der Waals surface area contributed by atoms with Crippen molar-refractivity contribution in [3.8, 4) is 5.88 Å². The third-order valence-corrected chi connectivity index (χ3v) is 5.03. The number of carbonyl (C=O) groups excluding carboxylic acids is 1. The Bertz CT molecular complexity index is 1030. The maximum atomic E-state index is 13.9. The molecule has 1 aliphatic heterocycles. The van der Waals surface area contributed by atoms with Crippen LogP contribution in [0, 0.1) is 11.7 Å². The van der Waals surface area contributed by atoms with E-state index in [0.29, 0.717) is 24.8 Å². The lowest BCUT2D eigenvalue weighted by molar-refractivity contribution is -0.120. The third kappa shape index (κ3) is 4.13. The molecule has 1 amide bonds. The zero-order chi connectivity index (χ0) is 20.2. The largest absolute Gasteiger partial charge is 0.475 e. The average molecular weight is 394 g/mol. The Kier molecular flexibility index (Phi) is 5.55. The Hall–Kier alpha value is -3.22. The lowest BCUT2D eigenvalue weighted by Gasteiger charge is -2.33. The van der Waals surface area contributed by atoms with Gasteiger partial charge in [-0.15, -0.1) is 0 Å². The molecule has 0 aliphatic carbocycles. The summed E-state index contributed by atoms with van der Waals surface area (Å²) < 4.78 is 19.6. The molecule has 150 valence electrons. The molecule has 0 unspecified atom stereocenters. The molecular weight excluding hydrogens is 371 g/mol. The number of aromatic nitrogens is 2. The first-order valence-electron chi connectivity index (χ1n) is 9.85. The van der Waals surface area contributed by atoms with Crippen LogP contribution in [-0.2, 0) is 4.79 Å². The normalized spacial score (nSPS) is 16.6. The van der Waals surface area contributed by atoms with Gasteiger partial charge in [-0.2, -0.15) is 0 Å². The minimum Gasteiger partial charge on any atom is -0.475 e. The van der Waals surface area contributed by atoms with Gasteiger partial charge in [-0.05, 0) is 44.0 Å². The topological polar surface area (TPSA) is 67.4 Å². The molecule has 1 aliphatic rings. The van der Waals surface area contributed by atoms with Gasteiger partial charge >= 0.3 is 0 Å². The number of halogens is 1. The smallest absolute Gasteiger partial charge is 0.258 e. The van der Waals surface area contributed by atoms with Crippen LogP contribution in [0.25, 0.3) is 11.0 Å². The van der Waals surface area contributed by atoms with Crippen LogP contribution >= 0.6 is 0 Å². The van der Waals surface area contributed by atoms with Gasteiger partial charge in [-0.25, -0.2) is 14.4 Å². The van der Waals surface area contributed by atoms with Gasteiger partial charge < -0.3 is 15.0 Å². The van der Waals surface area contributed by atoms with Crippen LogP contribution in [-0.4, -0.2) is 35.6 Å². The first-order chi connectivity index (χ1) is 14.2. The Morgan fingerprint density at radius 2 is 1.90 bits per heavy atom. The van der Waals surface area contributed by atoms with E-state index in [1.165, 1.54) is 6.07 Å². The van der Waals surface area contributed by atoms with Crippen LogP contribution in [0.15, 0.2) is 48.5 Å². The number of hydrogen-bond donors (Lipinski definition) is 1. The Morgan fingerprint density at radius 3 is 2.66 bits per heavy atom. The first kappa shape index (κ1) is 19.1. The zero-order valence-electron chi connectivity index (χ0n) is 16.3. The van der Waals surface area contributed by atoms with Crippen molar-refractivity contribution in [3.63, 3.8) is 0 Å². The lowest BCUT2D eigenvalue weighted by atomic mass is 9.97. The number of hydrogen-bond acceptors (Lipinski definition) is 5. The second-order valence-corrected chi connectivity index (χ2v) is 7.03. The summed E-state index contributed by atoms with van der Waals surface area (Å²) in [7, 11) is 0. The van der Waals surface area contributed by atoms with Crippen molar-refractivity contribution in [3.05, 3.63) is 54.3 Å². The fourth-order valence-electron chi connectivity index (χ4n) is 3.59. The van der Waals surface area contributed by atoms with Crippen molar-refractivity contribution in [1.29, 1.82) is 0 Å². The number of anilines is 2. The lowest BCUT2D eigenvalue weighted by Crippen LogP contribution is -2.41. The minimum absolute atomic E-state index is 0.188.